The highest BCUT2D eigenvalue weighted by Gasteiger charge is 2.41. The van der Waals surface area contributed by atoms with Gasteiger partial charge < -0.3 is 9.63 Å². The first-order valence-corrected chi connectivity index (χ1v) is 13.7. The van der Waals surface area contributed by atoms with E-state index >= 15 is 0 Å². The van der Waals surface area contributed by atoms with Gasteiger partial charge in [0.15, 0.2) is 17.4 Å². The fourth-order valence-electron chi connectivity index (χ4n) is 3.25. The van der Waals surface area contributed by atoms with Gasteiger partial charge in [0.1, 0.15) is 5.66 Å². The maximum atomic E-state index is 13.5. The Morgan fingerprint density at radius 2 is 1.89 bits per heavy atom. The Morgan fingerprint density at radius 3 is 2.56 bits per heavy atom. The van der Waals surface area contributed by atoms with E-state index in [-0.39, 0.29) is 12.0 Å². The van der Waals surface area contributed by atoms with E-state index in [0.717, 1.165) is 16.8 Å². The molecule has 1 aromatic heterocycles. The average molecular weight is 557 g/mol. The van der Waals surface area contributed by atoms with Crippen LogP contribution in [-0.4, -0.2) is 23.4 Å². The summed E-state index contributed by atoms with van der Waals surface area (Å²) in [6, 6.07) is 8.22. The zero-order valence-electron chi connectivity index (χ0n) is 19.7. The smallest absolute Gasteiger partial charge is 0.345 e. The summed E-state index contributed by atoms with van der Waals surface area (Å²) in [7, 11) is -4.71. The summed E-state index contributed by atoms with van der Waals surface area (Å²) >= 11 is 7.37. The molecule has 0 bridgehead atoms. The van der Waals surface area contributed by atoms with Crippen LogP contribution in [0.4, 0.5) is 8.78 Å². The van der Waals surface area contributed by atoms with Crippen molar-refractivity contribution in [1.29, 1.82) is 0 Å². The Labute approximate surface area is 216 Å². The minimum atomic E-state index is -4.71. The number of hydrogen-bond acceptors (Lipinski definition) is 6. The minimum Gasteiger partial charge on any atom is -0.438 e. The van der Waals surface area contributed by atoms with Gasteiger partial charge in [-0.1, -0.05) is 29.8 Å². The fourth-order valence-corrected chi connectivity index (χ4v) is 5.88. The lowest BCUT2D eigenvalue weighted by molar-refractivity contribution is -0.159. The van der Waals surface area contributed by atoms with Gasteiger partial charge in [0, 0.05) is 16.1 Å². The van der Waals surface area contributed by atoms with E-state index in [1.165, 1.54) is 29.6 Å². The molecule has 0 amide bonds. The van der Waals surface area contributed by atoms with Gasteiger partial charge in [-0.15, -0.1) is 11.3 Å². The van der Waals surface area contributed by atoms with E-state index < -0.39 is 48.8 Å². The van der Waals surface area contributed by atoms with Crippen molar-refractivity contribution in [2.45, 2.75) is 32.9 Å². The van der Waals surface area contributed by atoms with Gasteiger partial charge in [-0.2, -0.15) is 0 Å². The molecule has 0 aliphatic carbocycles. The van der Waals surface area contributed by atoms with Crippen molar-refractivity contribution in [2.75, 3.05) is 6.79 Å². The predicted octanol–water partition coefficient (Wildman–Crippen LogP) is 7.30. The predicted molar refractivity (Wildman–Crippen MR) is 136 cm³/mol. The number of fused-ring (bicyclic) bond motifs is 1. The van der Waals surface area contributed by atoms with Crippen molar-refractivity contribution in [3.63, 3.8) is 0 Å². The molecule has 0 aliphatic rings. The van der Waals surface area contributed by atoms with Crippen molar-refractivity contribution in [3.8, 4) is 0 Å². The van der Waals surface area contributed by atoms with Crippen LogP contribution in [0.25, 0.3) is 16.2 Å². The number of benzene rings is 2. The second-order valence-corrected chi connectivity index (χ2v) is 12.2. The van der Waals surface area contributed by atoms with Gasteiger partial charge >= 0.3 is 13.6 Å². The first-order chi connectivity index (χ1) is 16.8. The fraction of sp³-hybridized carbons (Fsp3) is 0.280. The lowest BCUT2D eigenvalue weighted by atomic mass is 9.98. The monoisotopic (exact) mass is 556 g/mol. The molecule has 0 fully saturated rings. The minimum absolute atomic E-state index is 0.247. The van der Waals surface area contributed by atoms with Gasteiger partial charge in [0.25, 0.3) is 0 Å². The highest BCUT2D eigenvalue weighted by Crippen LogP contribution is 2.59. The Morgan fingerprint density at radius 1 is 1.17 bits per heavy atom. The number of thiophene rings is 1. The maximum absolute atomic E-state index is 13.5. The lowest BCUT2D eigenvalue weighted by Crippen LogP contribution is -2.24. The number of ketones is 1. The summed E-state index contributed by atoms with van der Waals surface area (Å²) in [5.74, 6) is -3.35. The Kier molecular flexibility index (Phi) is 8.85. The van der Waals surface area contributed by atoms with E-state index in [0.29, 0.717) is 16.0 Å². The van der Waals surface area contributed by atoms with Gasteiger partial charge in [-0.05, 0) is 73.0 Å². The molecule has 2 atom stereocenters. The zero-order valence-corrected chi connectivity index (χ0v) is 22.1. The van der Waals surface area contributed by atoms with Crippen molar-refractivity contribution in [3.05, 3.63) is 75.6 Å². The van der Waals surface area contributed by atoms with Crippen LogP contribution in [0.15, 0.2) is 47.9 Å². The molecule has 2 unspecified atom stereocenters. The SMILES string of the molecule is CC(C)(C)C(=O)OCOP(=O)(O)C(C(=O)C/C=C/c1ccc(F)c(F)c1)c1csc2ccc(Cl)cc12. The number of allylic oxidation sites excluding steroid dienone is 1. The Hall–Kier alpha value is -2.42. The topological polar surface area (TPSA) is 89.9 Å². The molecule has 1 N–H and O–H groups in total. The molecule has 2 aromatic carbocycles. The zero-order chi connectivity index (χ0) is 26.7. The second-order valence-electron chi connectivity index (χ2n) is 8.97. The number of Topliss-reactive ketones (excluding diaryl/α,β-unsaturated/α-hetero) is 1. The van der Waals surface area contributed by atoms with Crippen LogP contribution < -0.4 is 0 Å². The molecule has 0 radical (unpaired) electrons. The summed E-state index contributed by atoms with van der Waals surface area (Å²) in [6.07, 6.45) is 2.47. The van der Waals surface area contributed by atoms with Crippen molar-refractivity contribution in [2.24, 2.45) is 5.41 Å². The Balaban J connectivity index is 1.89. The van der Waals surface area contributed by atoms with Crippen LogP contribution >= 0.6 is 30.5 Å². The molecule has 1 heterocycles. The van der Waals surface area contributed by atoms with Crippen LogP contribution in [0.5, 0.6) is 0 Å². The van der Waals surface area contributed by atoms with Crippen molar-refractivity contribution < 1.29 is 37.1 Å². The standard InChI is InChI=1S/C25H24ClF2O6PS/c1-25(2,3)24(30)33-14-34-35(31,32)23(18-13-36-22-10-8-16(26)12-17(18)22)21(29)6-4-5-15-7-9-19(27)20(28)11-15/h4-5,7-13,23H,6,14H2,1-3H3,(H,31,32)/b5-4+. The first-order valence-electron chi connectivity index (χ1n) is 10.7. The van der Waals surface area contributed by atoms with Gasteiger partial charge in [0.05, 0.1) is 5.41 Å². The normalized spacial score (nSPS) is 14.6. The lowest BCUT2D eigenvalue weighted by Gasteiger charge is -2.22. The molecule has 3 aromatic rings. The Bertz CT molecular complexity index is 1360. The number of ether oxygens (including phenoxy) is 1. The molecular weight excluding hydrogens is 533 g/mol. The third-order valence-electron chi connectivity index (χ3n) is 5.10. The molecule has 0 spiro atoms. The molecule has 0 saturated heterocycles. The number of rotatable bonds is 9. The number of carbonyl (C=O) groups excluding carboxylic acids is 2. The van der Waals surface area contributed by atoms with Crippen molar-refractivity contribution in [1.82, 2.24) is 0 Å². The number of carbonyl (C=O) groups is 2. The van der Waals surface area contributed by atoms with E-state index in [1.54, 1.807) is 44.4 Å². The quantitative estimate of drug-likeness (QED) is 0.169. The maximum Gasteiger partial charge on any atom is 0.345 e. The number of halogens is 3. The highest BCUT2D eigenvalue weighted by atomic mass is 35.5. The van der Waals surface area contributed by atoms with Crippen LogP contribution in [0, 0.1) is 17.0 Å². The highest BCUT2D eigenvalue weighted by molar-refractivity contribution is 7.54. The molecular formula is C25H24ClF2O6PS. The van der Waals surface area contributed by atoms with Gasteiger partial charge in [0.2, 0.25) is 6.79 Å². The largest absolute Gasteiger partial charge is 0.438 e. The van der Waals surface area contributed by atoms with Crippen LogP contribution in [0.1, 0.15) is 44.0 Å². The molecule has 192 valence electrons. The average Bonchev–Trinajstić information content (AvgIpc) is 3.17. The summed E-state index contributed by atoms with van der Waals surface area (Å²) in [4.78, 5) is 36.1. The summed E-state index contributed by atoms with van der Waals surface area (Å²) in [6.45, 7) is 4.02. The van der Waals surface area contributed by atoms with Crippen molar-refractivity contribution >= 4 is 58.4 Å². The van der Waals surface area contributed by atoms with Crippen LogP contribution in [-0.2, 0) is 23.4 Å². The summed E-state index contributed by atoms with van der Waals surface area (Å²) in [5.41, 5.74) is -1.91. The second kappa shape index (κ2) is 11.3. The first kappa shape index (κ1) is 28.2. The third kappa shape index (κ3) is 6.87. The van der Waals surface area contributed by atoms with Gasteiger partial charge in [-0.25, -0.2) is 8.78 Å². The van der Waals surface area contributed by atoms with E-state index in [1.807, 2.05) is 0 Å². The van der Waals surface area contributed by atoms with E-state index in [2.05, 4.69) is 0 Å². The molecule has 36 heavy (non-hydrogen) atoms. The van der Waals surface area contributed by atoms with E-state index in [4.69, 9.17) is 20.9 Å². The molecule has 3 rings (SSSR count). The van der Waals surface area contributed by atoms with E-state index in [9.17, 15) is 27.8 Å². The van der Waals surface area contributed by atoms with Crippen LogP contribution in [0.2, 0.25) is 5.02 Å². The molecule has 6 nitrogen and oxygen atoms in total. The third-order valence-corrected chi connectivity index (χ3v) is 8.02. The number of hydrogen-bond donors (Lipinski definition) is 1. The number of esters is 1. The molecule has 11 heteroatoms. The molecule has 0 saturated carbocycles. The van der Waals surface area contributed by atoms with Crippen LogP contribution in [0.3, 0.4) is 0 Å². The van der Waals surface area contributed by atoms with Gasteiger partial charge in [-0.3, -0.25) is 18.7 Å². The molecule has 0 aliphatic heterocycles. The summed E-state index contributed by atoms with van der Waals surface area (Å²) < 4.78 is 50.7. The summed E-state index contributed by atoms with van der Waals surface area (Å²) in [5, 5.41) is 2.47.